The number of carbonyl (C=O) groups excluding carboxylic acids is 1. The molecule has 8 nitrogen and oxygen atoms in total. The van der Waals surface area contributed by atoms with Gasteiger partial charge in [-0.25, -0.2) is 9.37 Å². The van der Waals surface area contributed by atoms with Crippen LogP contribution in [0.15, 0.2) is 71.6 Å². The van der Waals surface area contributed by atoms with E-state index in [0.717, 1.165) is 75.0 Å². The lowest BCUT2D eigenvalue weighted by atomic mass is 9.66. The van der Waals surface area contributed by atoms with Crippen molar-refractivity contribution >= 4 is 38.7 Å². The Hall–Kier alpha value is -3.31. The molecule has 3 aromatic carbocycles. The molecule has 3 atom stereocenters. The van der Waals surface area contributed by atoms with E-state index in [1.807, 2.05) is 6.07 Å². The van der Waals surface area contributed by atoms with Crippen molar-refractivity contribution in [3.05, 3.63) is 94.5 Å². The summed E-state index contributed by atoms with van der Waals surface area (Å²) in [5, 5.41) is 2.78. The van der Waals surface area contributed by atoms with E-state index in [1.54, 1.807) is 0 Å². The summed E-state index contributed by atoms with van der Waals surface area (Å²) in [6.45, 7) is 3.16. The highest BCUT2D eigenvalue weighted by molar-refractivity contribution is 7.85. The molecule has 2 saturated heterocycles. The maximum atomic E-state index is 14.1. The molecular weight excluding hydrogens is 639 g/mol. The number of amides is 1. The first-order valence-electron chi connectivity index (χ1n) is 16.5. The normalized spacial score (nSPS) is 26.5. The highest BCUT2D eigenvalue weighted by atomic mass is 35.5. The summed E-state index contributed by atoms with van der Waals surface area (Å²) in [5.74, 6) is -0.698. The van der Waals surface area contributed by atoms with Crippen molar-refractivity contribution in [3.8, 4) is 0 Å². The Morgan fingerprint density at radius 1 is 1.00 bits per heavy atom. The Bertz CT molecular complexity index is 1890. The van der Waals surface area contributed by atoms with Gasteiger partial charge in [0.25, 0.3) is 16.0 Å². The Kier molecular flexibility index (Phi) is 8.66. The van der Waals surface area contributed by atoms with Crippen LogP contribution in [0.2, 0.25) is 5.02 Å². The fourth-order valence-electron chi connectivity index (χ4n) is 8.74. The van der Waals surface area contributed by atoms with E-state index >= 15 is 0 Å². The maximum absolute atomic E-state index is 14.1. The molecule has 0 spiro atoms. The van der Waals surface area contributed by atoms with Crippen LogP contribution in [0.1, 0.15) is 85.6 Å². The number of piperidine rings is 1. The molecular formula is C36H40ClFN4O4S. The van der Waals surface area contributed by atoms with Crippen LogP contribution >= 0.6 is 11.6 Å². The van der Waals surface area contributed by atoms with Crippen LogP contribution in [0.4, 0.5) is 4.39 Å². The molecule has 2 bridgehead atoms. The molecule has 47 heavy (non-hydrogen) atoms. The predicted octanol–water partition coefficient (Wildman–Crippen LogP) is 7.25. The first kappa shape index (κ1) is 32.2. The number of carbonyl (C=O) groups is 1. The van der Waals surface area contributed by atoms with Gasteiger partial charge < -0.3 is 9.88 Å². The summed E-state index contributed by atoms with van der Waals surface area (Å²) >= 11 is 6.12. The number of para-hydroxylation sites is 2. The zero-order valence-electron chi connectivity index (χ0n) is 26.4. The van der Waals surface area contributed by atoms with Crippen LogP contribution in [0.25, 0.3) is 11.0 Å². The van der Waals surface area contributed by atoms with Crippen LogP contribution in [-0.2, 0) is 15.5 Å². The lowest BCUT2D eigenvalue weighted by Gasteiger charge is -2.45. The Morgan fingerprint density at radius 2 is 1.66 bits per heavy atom. The number of halogens is 2. The number of hydrogen-bond acceptors (Lipinski definition) is 5. The number of aryl methyl sites for hydroxylation is 1. The standard InChI is InChI=1S/C36H40ClFN4O4S/c1-23-39-32-9-5-6-10-33(32)42(23)28-19-26-11-12-27(20-28)41(26)18-17-36(24-7-3-2-4-8-24)15-13-25(14-16-36)40-35(43)29-21-34(47(44,45)46)31(38)22-30(29)37/h2-10,21-22,25-28H,11-20H2,1H3,(H,40,43)(H,44,45,46)/t25?,26-,27+,28?,36?. The average molecular weight is 679 g/mol. The van der Waals surface area contributed by atoms with Crippen molar-refractivity contribution in [3.63, 3.8) is 0 Å². The molecule has 0 radical (unpaired) electrons. The van der Waals surface area contributed by atoms with Crippen LogP contribution in [0, 0.1) is 12.7 Å². The van der Waals surface area contributed by atoms with E-state index in [9.17, 15) is 22.2 Å². The van der Waals surface area contributed by atoms with Crippen molar-refractivity contribution in [1.82, 2.24) is 19.8 Å². The van der Waals surface area contributed by atoms with Gasteiger partial charge >= 0.3 is 0 Å². The molecule has 11 heteroatoms. The van der Waals surface area contributed by atoms with Gasteiger partial charge in [0.15, 0.2) is 0 Å². The molecule has 3 fully saturated rings. The third-order valence-electron chi connectivity index (χ3n) is 11.1. The van der Waals surface area contributed by atoms with E-state index in [-0.39, 0.29) is 22.0 Å². The number of rotatable bonds is 8. The number of benzene rings is 3. The highest BCUT2D eigenvalue weighted by Gasteiger charge is 2.44. The summed E-state index contributed by atoms with van der Waals surface area (Å²) in [4.78, 5) is 19.8. The molecule has 4 aromatic rings. The average Bonchev–Trinajstić information content (AvgIpc) is 3.50. The maximum Gasteiger partial charge on any atom is 0.297 e. The lowest BCUT2D eigenvalue weighted by Crippen LogP contribution is -2.47. The van der Waals surface area contributed by atoms with Crippen molar-refractivity contribution in [2.24, 2.45) is 0 Å². The van der Waals surface area contributed by atoms with Crippen LogP contribution in [-0.4, -0.2) is 58.0 Å². The summed E-state index contributed by atoms with van der Waals surface area (Å²) in [7, 11) is -4.85. The zero-order valence-corrected chi connectivity index (χ0v) is 28.0. The van der Waals surface area contributed by atoms with Gasteiger partial charge in [0.05, 0.1) is 21.6 Å². The van der Waals surface area contributed by atoms with Gasteiger partial charge in [0, 0.05) is 24.2 Å². The second-order valence-corrected chi connectivity index (χ2v) is 15.4. The largest absolute Gasteiger partial charge is 0.349 e. The third-order valence-corrected chi connectivity index (χ3v) is 12.2. The van der Waals surface area contributed by atoms with Gasteiger partial charge in [-0.05, 0) is 106 Å². The number of nitrogens with zero attached hydrogens (tertiary/aromatic N) is 3. The molecule has 1 saturated carbocycles. The fraction of sp³-hybridized carbons (Fsp3) is 0.444. The summed E-state index contributed by atoms with van der Waals surface area (Å²) in [5.41, 5.74) is 3.42. The number of hydrogen-bond donors (Lipinski definition) is 2. The number of nitrogens with one attached hydrogen (secondary N) is 1. The first-order chi connectivity index (χ1) is 22.5. The molecule has 7 rings (SSSR count). The molecule has 2 N–H and O–H groups in total. The second kappa shape index (κ2) is 12.6. The molecule has 1 unspecified atom stereocenters. The zero-order chi connectivity index (χ0) is 32.9. The summed E-state index contributed by atoms with van der Waals surface area (Å²) in [6, 6.07) is 22.1. The lowest BCUT2D eigenvalue weighted by molar-refractivity contribution is 0.0851. The number of imidazole rings is 1. The van der Waals surface area contributed by atoms with Gasteiger partial charge in [-0.15, -0.1) is 0 Å². The molecule has 248 valence electrons. The van der Waals surface area contributed by atoms with Crippen molar-refractivity contribution in [2.45, 2.75) is 99.2 Å². The predicted molar refractivity (Wildman–Crippen MR) is 180 cm³/mol. The number of fused-ring (bicyclic) bond motifs is 3. The second-order valence-electron chi connectivity index (χ2n) is 13.6. The van der Waals surface area contributed by atoms with Crippen molar-refractivity contribution < 1.29 is 22.2 Å². The quantitative estimate of drug-likeness (QED) is 0.190. The van der Waals surface area contributed by atoms with Crippen molar-refractivity contribution in [1.29, 1.82) is 0 Å². The molecule has 3 heterocycles. The van der Waals surface area contributed by atoms with Gasteiger partial charge in [0.1, 0.15) is 16.5 Å². The Morgan fingerprint density at radius 3 is 2.34 bits per heavy atom. The number of aromatic nitrogens is 2. The molecule has 1 aromatic heterocycles. The van der Waals surface area contributed by atoms with E-state index in [4.69, 9.17) is 16.6 Å². The fourth-order valence-corrected chi connectivity index (χ4v) is 9.55. The highest BCUT2D eigenvalue weighted by Crippen LogP contribution is 2.46. The van der Waals surface area contributed by atoms with Gasteiger partial charge in [0.2, 0.25) is 0 Å². The molecule has 1 amide bonds. The van der Waals surface area contributed by atoms with Crippen LogP contribution in [0.5, 0.6) is 0 Å². The van der Waals surface area contributed by atoms with E-state index in [1.165, 1.54) is 23.9 Å². The minimum atomic E-state index is -4.85. The van der Waals surface area contributed by atoms with Crippen LogP contribution < -0.4 is 5.32 Å². The van der Waals surface area contributed by atoms with Gasteiger partial charge in [-0.2, -0.15) is 8.42 Å². The Labute approximate surface area is 280 Å². The van der Waals surface area contributed by atoms with E-state index in [2.05, 4.69) is 70.2 Å². The monoisotopic (exact) mass is 678 g/mol. The van der Waals surface area contributed by atoms with Gasteiger partial charge in [-0.3, -0.25) is 14.2 Å². The Balaban J connectivity index is 1.04. The minimum absolute atomic E-state index is 0.0262. The summed E-state index contributed by atoms with van der Waals surface area (Å²) in [6.07, 6.45) is 9.02. The summed E-state index contributed by atoms with van der Waals surface area (Å²) < 4.78 is 49.3. The van der Waals surface area contributed by atoms with Crippen LogP contribution in [0.3, 0.4) is 0 Å². The molecule has 3 aliphatic rings. The van der Waals surface area contributed by atoms with Gasteiger partial charge in [-0.1, -0.05) is 54.1 Å². The minimum Gasteiger partial charge on any atom is -0.349 e. The topological polar surface area (TPSA) is 105 Å². The third kappa shape index (κ3) is 6.21. The van der Waals surface area contributed by atoms with Crippen molar-refractivity contribution in [2.75, 3.05) is 6.54 Å². The first-order valence-corrected chi connectivity index (χ1v) is 18.4. The molecule has 1 aliphatic carbocycles. The van der Waals surface area contributed by atoms with E-state index < -0.39 is 26.7 Å². The molecule has 2 aliphatic heterocycles. The smallest absolute Gasteiger partial charge is 0.297 e. The van der Waals surface area contributed by atoms with E-state index in [0.29, 0.717) is 18.1 Å². The SMILES string of the molecule is Cc1nc2ccccc2n1C1C[C@H]2CC[C@@H](C1)N2CCC1(c2ccccc2)CCC(NC(=O)c2cc(S(=O)(=O)O)c(F)cc2Cl)CC1.